The SMILES string of the molecule is COCCCCC(=O)CO. The Kier molecular flexibility index (Phi) is 6.43. The number of Topliss-reactive ketones (excluding diaryl/α,β-unsaturated/α-hetero) is 1. The molecule has 0 bridgehead atoms. The zero-order chi connectivity index (χ0) is 7.82. The standard InChI is InChI=1S/C7H14O3/c1-10-5-3-2-4-7(9)6-8/h8H,2-6H2,1H3. The Morgan fingerprint density at radius 2 is 2.20 bits per heavy atom. The summed E-state index contributed by atoms with van der Waals surface area (Å²) in [6, 6.07) is 0. The second-order valence-electron chi connectivity index (χ2n) is 2.15. The molecule has 0 aliphatic carbocycles. The monoisotopic (exact) mass is 146 g/mol. The van der Waals surface area contributed by atoms with E-state index < -0.39 is 0 Å². The lowest BCUT2D eigenvalue weighted by Gasteiger charge is -1.96. The molecule has 60 valence electrons. The fraction of sp³-hybridized carbons (Fsp3) is 0.857. The van der Waals surface area contributed by atoms with E-state index in [1.54, 1.807) is 7.11 Å². The van der Waals surface area contributed by atoms with E-state index in [9.17, 15) is 4.79 Å². The van der Waals surface area contributed by atoms with E-state index in [-0.39, 0.29) is 12.4 Å². The lowest BCUT2D eigenvalue weighted by Crippen LogP contribution is -2.03. The fourth-order valence-electron chi connectivity index (χ4n) is 0.648. The van der Waals surface area contributed by atoms with Crippen molar-refractivity contribution in [3.05, 3.63) is 0 Å². The summed E-state index contributed by atoms with van der Waals surface area (Å²) in [7, 11) is 1.63. The van der Waals surface area contributed by atoms with Gasteiger partial charge in [-0.25, -0.2) is 0 Å². The maximum Gasteiger partial charge on any atom is 0.158 e. The molecule has 0 spiro atoms. The Hall–Kier alpha value is -0.410. The van der Waals surface area contributed by atoms with Gasteiger partial charge in [0.25, 0.3) is 0 Å². The molecule has 0 unspecified atom stereocenters. The highest BCUT2D eigenvalue weighted by molar-refractivity contribution is 5.79. The Bertz CT molecular complexity index is 90.9. The van der Waals surface area contributed by atoms with Crippen molar-refractivity contribution >= 4 is 5.78 Å². The summed E-state index contributed by atoms with van der Waals surface area (Å²) in [5, 5.41) is 8.31. The van der Waals surface area contributed by atoms with Gasteiger partial charge in [0.2, 0.25) is 0 Å². The first kappa shape index (κ1) is 9.59. The number of ketones is 1. The molecule has 0 aliphatic rings. The normalized spacial score (nSPS) is 9.80. The van der Waals surface area contributed by atoms with Gasteiger partial charge in [-0.15, -0.1) is 0 Å². The predicted molar refractivity (Wildman–Crippen MR) is 37.8 cm³/mol. The van der Waals surface area contributed by atoms with Crippen molar-refractivity contribution in [2.24, 2.45) is 0 Å². The van der Waals surface area contributed by atoms with Crippen LogP contribution in [0.5, 0.6) is 0 Å². The van der Waals surface area contributed by atoms with Gasteiger partial charge in [0, 0.05) is 20.1 Å². The third-order valence-corrected chi connectivity index (χ3v) is 1.23. The molecule has 10 heavy (non-hydrogen) atoms. The summed E-state index contributed by atoms with van der Waals surface area (Å²) in [5.41, 5.74) is 0. The van der Waals surface area contributed by atoms with Crippen molar-refractivity contribution in [2.75, 3.05) is 20.3 Å². The maximum absolute atomic E-state index is 10.5. The molecule has 3 heteroatoms. The van der Waals surface area contributed by atoms with Gasteiger partial charge in [0.1, 0.15) is 6.61 Å². The van der Waals surface area contributed by atoms with Crippen molar-refractivity contribution < 1.29 is 14.6 Å². The highest BCUT2D eigenvalue weighted by Gasteiger charge is 1.97. The Morgan fingerprint density at radius 3 is 2.70 bits per heavy atom. The van der Waals surface area contributed by atoms with E-state index in [0.29, 0.717) is 13.0 Å². The minimum absolute atomic E-state index is 0.0869. The molecule has 0 aliphatic heterocycles. The van der Waals surface area contributed by atoms with E-state index in [1.807, 2.05) is 0 Å². The van der Waals surface area contributed by atoms with Crippen LogP contribution in [0.3, 0.4) is 0 Å². The topological polar surface area (TPSA) is 46.5 Å². The van der Waals surface area contributed by atoms with Crippen LogP contribution in [0.25, 0.3) is 0 Å². The Balaban J connectivity index is 2.96. The zero-order valence-electron chi connectivity index (χ0n) is 6.30. The summed E-state index contributed by atoms with van der Waals surface area (Å²) in [4.78, 5) is 10.5. The number of carbonyl (C=O) groups excluding carboxylic acids is 1. The number of ether oxygens (including phenoxy) is 1. The predicted octanol–water partition coefficient (Wildman–Crippen LogP) is 0.365. The molecular formula is C7H14O3. The van der Waals surface area contributed by atoms with Gasteiger partial charge in [-0.3, -0.25) is 4.79 Å². The number of rotatable bonds is 6. The van der Waals surface area contributed by atoms with Gasteiger partial charge < -0.3 is 9.84 Å². The van der Waals surface area contributed by atoms with E-state index in [0.717, 1.165) is 12.8 Å². The summed E-state index contributed by atoms with van der Waals surface area (Å²) in [6.07, 6.45) is 2.18. The number of aliphatic hydroxyl groups excluding tert-OH is 1. The van der Waals surface area contributed by atoms with E-state index in [2.05, 4.69) is 0 Å². The lowest BCUT2D eigenvalue weighted by molar-refractivity contribution is -0.121. The molecule has 0 heterocycles. The number of aliphatic hydroxyl groups is 1. The smallest absolute Gasteiger partial charge is 0.158 e. The Labute approximate surface area is 61.0 Å². The molecule has 0 aromatic heterocycles. The number of hydrogen-bond acceptors (Lipinski definition) is 3. The molecule has 0 amide bonds. The molecule has 0 saturated carbocycles. The highest BCUT2D eigenvalue weighted by Crippen LogP contribution is 1.95. The van der Waals surface area contributed by atoms with Crippen molar-refractivity contribution in [2.45, 2.75) is 19.3 Å². The molecular weight excluding hydrogens is 132 g/mol. The van der Waals surface area contributed by atoms with Gasteiger partial charge in [0.05, 0.1) is 0 Å². The van der Waals surface area contributed by atoms with E-state index >= 15 is 0 Å². The first-order valence-corrected chi connectivity index (χ1v) is 3.42. The summed E-state index contributed by atoms with van der Waals surface area (Å²) < 4.78 is 4.78. The molecule has 0 aromatic rings. The minimum atomic E-state index is -0.326. The molecule has 0 rings (SSSR count). The molecule has 0 aromatic carbocycles. The highest BCUT2D eigenvalue weighted by atomic mass is 16.5. The number of unbranched alkanes of at least 4 members (excludes halogenated alkanes) is 1. The van der Waals surface area contributed by atoms with Crippen molar-refractivity contribution in [3.8, 4) is 0 Å². The first-order valence-electron chi connectivity index (χ1n) is 3.42. The number of hydrogen-bond donors (Lipinski definition) is 1. The van der Waals surface area contributed by atoms with E-state index in [1.165, 1.54) is 0 Å². The zero-order valence-corrected chi connectivity index (χ0v) is 6.30. The van der Waals surface area contributed by atoms with Crippen LogP contribution in [0.4, 0.5) is 0 Å². The summed E-state index contributed by atoms with van der Waals surface area (Å²) in [5.74, 6) is -0.0869. The third-order valence-electron chi connectivity index (χ3n) is 1.23. The minimum Gasteiger partial charge on any atom is -0.389 e. The molecule has 0 atom stereocenters. The van der Waals surface area contributed by atoms with Crippen molar-refractivity contribution in [1.82, 2.24) is 0 Å². The number of carbonyl (C=O) groups is 1. The molecule has 0 saturated heterocycles. The first-order chi connectivity index (χ1) is 4.81. The molecule has 0 radical (unpaired) electrons. The average Bonchev–Trinajstić information content (AvgIpc) is 1.98. The lowest BCUT2D eigenvalue weighted by atomic mass is 10.2. The number of methoxy groups -OCH3 is 1. The Morgan fingerprint density at radius 1 is 1.50 bits per heavy atom. The molecule has 3 nitrogen and oxygen atoms in total. The van der Waals surface area contributed by atoms with Crippen LogP contribution in [-0.4, -0.2) is 31.2 Å². The van der Waals surface area contributed by atoms with Gasteiger partial charge in [0.15, 0.2) is 5.78 Å². The third kappa shape index (κ3) is 5.72. The van der Waals surface area contributed by atoms with Crippen molar-refractivity contribution in [1.29, 1.82) is 0 Å². The largest absolute Gasteiger partial charge is 0.389 e. The van der Waals surface area contributed by atoms with Gasteiger partial charge in [-0.1, -0.05) is 0 Å². The van der Waals surface area contributed by atoms with Crippen LogP contribution >= 0.6 is 0 Å². The van der Waals surface area contributed by atoms with Crippen LogP contribution in [0.2, 0.25) is 0 Å². The second-order valence-corrected chi connectivity index (χ2v) is 2.15. The molecule has 0 fully saturated rings. The van der Waals surface area contributed by atoms with Crippen LogP contribution in [0.15, 0.2) is 0 Å². The van der Waals surface area contributed by atoms with Gasteiger partial charge >= 0.3 is 0 Å². The van der Waals surface area contributed by atoms with Crippen LogP contribution in [0.1, 0.15) is 19.3 Å². The quantitative estimate of drug-likeness (QED) is 0.550. The fourth-order valence-corrected chi connectivity index (χ4v) is 0.648. The van der Waals surface area contributed by atoms with Crippen molar-refractivity contribution in [3.63, 3.8) is 0 Å². The van der Waals surface area contributed by atoms with Crippen LogP contribution in [-0.2, 0) is 9.53 Å². The average molecular weight is 146 g/mol. The second kappa shape index (κ2) is 6.71. The van der Waals surface area contributed by atoms with E-state index in [4.69, 9.17) is 9.84 Å². The van der Waals surface area contributed by atoms with Gasteiger partial charge in [-0.05, 0) is 12.8 Å². The molecule has 1 N–H and O–H groups in total. The maximum atomic E-state index is 10.5. The van der Waals surface area contributed by atoms with Crippen LogP contribution in [0, 0.1) is 0 Å². The van der Waals surface area contributed by atoms with Crippen LogP contribution < -0.4 is 0 Å². The summed E-state index contributed by atoms with van der Waals surface area (Å²) in [6.45, 7) is 0.367. The summed E-state index contributed by atoms with van der Waals surface area (Å²) >= 11 is 0. The van der Waals surface area contributed by atoms with Gasteiger partial charge in [-0.2, -0.15) is 0 Å².